The lowest BCUT2D eigenvalue weighted by atomic mass is 10.3. The highest BCUT2D eigenvalue weighted by Gasteiger charge is 2.11. The molecule has 0 radical (unpaired) electrons. The van der Waals surface area contributed by atoms with E-state index in [1.54, 1.807) is 37.3 Å². The number of carbonyl (C=O) groups is 1. The number of amides is 1. The molecular weight excluding hydrogens is 226 g/mol. The molecule has 5 heteroatoms. The summed E-state index contributed by atoms with van der Waals surface area (Å²) in [5.74, 6) is -0.504. The van der Waals surface area contributed by atoms with Crippen molar-refractivity contribution in [3.63, 3.8) is 0 Å². The Morgan fingerprint density at radius 2 is 2.00 bits per heavy atom. The van der Waals surface area contributed by atoms with Gasteiger partial charge < -0.3 is 5.73 Å². The van der Waals surface area contributed by atoms with E-state index in [4.69, 9.17) is 17.3 Å². The van der Waals surface area contributed by atoms with Crippen LogP contribution in [-0.2, 0) is 0 Å². The van der Waals surface area contributed by atoms with Gasteiger partial charge in [0.2, 0.25) is 0 Å². The Hall–Kier alpha value is -1.81. The van der Waals surface area contributed by atoms with Crippen LogP contribution >= 0.6 is 11.6 Å². The maximum Gasteiger partial charge on any atom is 0.267 e. The van der Waals surface area contributed by atoms with Crippen molar-refractivity contribution < 1.29 is 4.79 Å². The van der Waals surface area contributed by atoms with Crippen molar-refractivity contribution in [2.24, 2.45) is 5.73 Å². The average Bonchev–Trinajstić information content (AvgIpc) is 2.61. The Kier molecular flexibility index (Phi) is 2.66. The number of carbonyl (C=O) groups excluding carboxylic acids is 1. The third-order valence-corrected chi connectivity index (χ3v) is 2.41. The largest absolute Gasteiger partial charge is 0.364 e. The first-order valence-electron chi connectivity index (χ1n) is 4.70. The Balaban J connectivity index is 2.55. The fraction of sp³-hybridized carbons (Fsp3) is 0.0909. The highest BCUT2D eigenvalue weighted by atomic mass is 35.5. The molecule has 16 heavy (non-hydrogen) atoms. The topological polar surface area (TPSA) is 60.9 Å². The highest BCUT2D eigenvalue weighted by molar-refractivity contribution is 6.30. The first-order valence-corrected chi connectivity index (χ1v) is 5.08. The van der Waals surface area contributed by atoms with Gasteiger partial charge in [0.05, 0.1) is 11.4 Å². The molecule has 0 aliphatic rings. The molecule has 2 N–H and O–H groups in total. The molecule has 4 nitrogen and oxygen atoms in total. The number of primary amides is 1. The minimum atomic E-state index is -0.504. The zero-order chi connectivity index (χ0) is 11.7. The summed E-state index contributed by atoms with van der Waals surface area (Å²) in [6.45, 7) is 1.80. The van der Waals surface area contributed by atoms with Crippen LogP contribution in [-0.4, -0.2) is 15.7 Å². The van der Waals surface area contributed by atoms with Gasteiger partial charge in [-0.05, 0) is 37.3 Å². The Bertz CT molecular complexity index is 531. The molecule has 2 rings (SSSR count). The Morgan fingerprint density at radius 3 is 2.56 bits per heavy atom. The van der Waals surface area contributed by atoms with Crippen molar-refractivity contribution >= 4 is 17.5 Å². The lowest BCUT2D eigenvalue weighted by molar-refractivity contribution is 0.0993. The van der Waals surface area contributed by atoms with Crippen molar-refractivity contribution in [3.8, 4) is 5.69 Å². The molecule has 0 atom stereocenters. The van der Waals surface area contributed by atoms with Crippen LogP contribution in [0.25, 0.3) is 5.69 Å². The van der Waals surface area contributed by atoms with Crippen LogP contribution in [0.15, 0.2) is 30.3 Å². The summed E-state index contributed by atoms with van der Waals surface area (Å²) in [6, 6.07) is 8.68. The second-order valence-corrected chi connectivity index (χ2v) is 3.86. The van der Waals surface area contributed by atoms with Crippen LogP contribution in [0.4, 0.5) is 0 Å². The Labute approximate surface area is 97.6 Å². The molecule has 1 aromatic carbocycles. The predicted octanol–water partition coefficient (Wildman–Crippen LogP) is 1.93. The lowest BCUT2D eigenvalue weighted by Gasteiger charge is -2.04. The second kappa shape index (κ2) is 3.98. The monoisotopic (exact) mass is 235 g/mol. The zero-order valence-corrected chi connectivity index (χ0v) is 9.40. The van der Waals surface area contributed by atoms with Gasteiger partial charge in [-0.2, -0.15) is 5.10 Å². The molecule has 0 unspecified atom stereocenters. The summed E-state index contributed by atoms with van der Waals surface area (Å²) < 4.78 is 1.51. The molecule has 1 aromatic heterocycles. The fourth-order valence-corrected chi connectivity index (χ4v) is 1.58. The third kappa shape index (κ3) is 1.92. The number of rotatable bonds is 2. The molecule has 2 aromatic rings. The van der Waals surface area contributed by atoms with Crippen molar-refractivity contribution in [1.29, 1.82) is 0 Å². The minimum absolute atomic E-state index is 0.361. The standard InChI is InChI=1S/C11H10ClN3O/c1-7-6-10(11(13)16)15(14-7)9-4-2-8(12)3-5-9/h2-6H,1H3,(H2,13,16). The number of nitrogens with zero attached hydrogens (tertiary/aromatic N) is 2. The van der Waals surface area contributed by atoms with Crippen LogP contribution in [0.1, 0.15) is 16.2 Å². The fourth-order valence-electron chi connectivity index (χ4n) is 1.45. The molecule has 0 bridgehead atoms. The quantitative estimate of drug-likeness (QED) is 0.865. The summed E-state index contributed by atoms with van der Waals surface area (Å²) in [5, 5.41) is 4.84. The van der Waals surface area contributed by atoms with Gasteiger partial charge in [0.15, 0.2) is 0 Å². The van der Waals surface area contributed by atoms with Gasteiger partial charge in [-0.25, -0.2) is 4.68 Å². The molecular formula is C11H10ClN3O. The number of halogens is 1. The molecule has 0 fully saturated rings. The summed E-state index contributed by atoms with van der Waals surface area (Å²) in [6.07, 6.45) is 0. The number of nitrogens with two attached hydrogens (primary N) is 1. The van der Waals surface area contributed by atoms with E-state index in [-0.39, 0.29) is 0 Å². The maximum atomic E-state index is 11.2. The van der Waals surface area contributed by atoms with Gasteiger partial charge in [0.25, 0.3) is 5.91 Å². The first kappa shape index (κ1) is 10.7. The number of benzene rings is 1. The van der Waals surface area contributed by atoms with Gasteiger partial charge >= 0.3 is 0 Å². The van der Waals surface area contributed by atoms with Crippen LogP contribution in [0.3, 0.4) is 0 Å². The van der Waals surface area contributed by atoms with E-state index < -0.39 is 5.91 Å². The smallest absolute Gasteiger partial charge is 0.267 e. The van der Waals surface area contributed by atoms with Crippen molar-refractivity contribution in [2.75, 3.05) is 0 Å². The number of hydrogen-bond donors (Lipinski definition) is 1. The van der Waals surface area contributed by atoms with E-state index in [0.717, 1.165) is 11.4 Å². The van der Waals surface area contributed by atoms with Gasteiger partial charge in [-0.3, -0.25) is 4.79 Å². The first-order chi connectivity index (χ1) is 7.58. The predicted molar refractivity (Wildman–Crippen MR) is 61.8 cm³/mol. The van der Waals surface area contributed by atoms with E-state index >= 15 is 0 Å². The van der Waals surface area contributed by atoms with E-state index in [1.807, 2.05) is 0 Å². The average molecular weight is 236 g/mol. The molecule has 0 aliphatic heterocycles. The number of aromatic nitrogens is 2. The van der Waals surface area contributed by atoms with Gasteiger partial charge in [-0.1, -0.05) is 11.6 Å². The van der Waals surface area contributed by atoms with E-state index in [1.165, 1.54) is 4.68 Å². The Morgan fingerprint density at radius 1 is 1.38 bits per heavy atom. The van der Waals surface area contributed by atoms with Crippen LogP contribution in [0, 0.1) is 6.92 Å². The molecule has 0 spiro atoms. The van der Waals surface area contributed by atoms with Gasteiger partial charge in [0, 0.05) is 5.02 Å². The second-order valence-electron chi connectivity index (χ2n) is 3.42. The summed E-state index contributed by atoms with van der Waals surface area (Å²) in [4.78, 5) is 11.2. The molecule has 0 saturated carbocycles. The van der Waals surface area contributed by atoms with E-state index in [9.17, 15) is 4.79 Å². The molecule has 0 saturated heterocycles. The van der Waals surface area contributed by atoms with Crippen molar-refractivity contribution in [1.82, 2.24) is 9.78 Å². The zero-order valence-electron chi connectivity index (χ0n) is 8.64. The van der Waals surface area contributed by atoms with Crippen LogP contribution in [0.2, 0.25) is 5.02 Å². The number of aryl methyl sites for hydroxylation is 1. The van der Waals surface area contributed by atoms with Gasteiger partial charge in [0.1, 0.15) is 5.69 Å². The minimum Gasteiger partial charge on any atom is -0.364 e. The third-order valence-electron chi connectivity index (χ3n) is 2.16. The van der Waals surface area contributed by atoms with Gasteiger partial charge in [-0.15, -0.1) is 0 Å². The number of hydrogen-bond acceptors (Lipinski definition) is 2. The molecule has 0 aliphatic carbocycles. The lowest BCUT2D eigenvalue weighted by Crippen LogP contribution is -2.16. The SMILES string of the molecule is Cc1cc(C(N)=O)n(-c2ccc(Cl)cc2)n1. The van der Waals surface area contributed by atoms with Crippen LogP contribution < -0.4 is 5.73 Å². The van der Waals surface area contributed by atoms with Crippen LogP contribution in [0.5, 0.6) is 0 Å². The van der Waals surface area contributed by atoms with Crippen molar-refractivity contribution in [3.05, 3.63) is 46.7 Å². The molecule has 82 valence electrons. The molecule has 1 amide bonds. The normalized spacial score (nSPS) is 10.4. The summed E-state index contributed by atoms with van der Waals surface area (Å²) in [7, 11) is 0. The van der Waals surface area contributed by atoms with E-state index in [2.05, 4.69) is 5.10 Å². The van der Waals surface area contributed by atoms with E-state index in [0.29, 0.717) is 10.7 Å². The molecule has 1 heterocycles. The van der Waals surface area contributed by atoms with Crippen molar-refractivity contribution in [2.45, 2.75) is 6.92 Å². The summed E-state index contributed by atoms with van der Waals surface area (Å²) in [5.41, 5.74) is 7.13. The highest BCUT2D eigenvalue weighted by Crippen LogP contribution is 2.15. The maximum absolute atomic E-state index is 11.2. The summed E-state index contributed by atoms with van der Waals surface area (Å²) >= 11 is 5.79.